The Labute approximate surface area is 201 Å². The van der Waals surface area contributed by atoms with E-state index in [1.165, 1.54) is 31.2 Å². The van der Waals surface area contributed by atoms with Gasteiger partial charge in [-0.15, -0.1) is 0 Å². The molecule has 8 nitrogen and oxygen atoms in total. The molecule has 11 heteroatoms. The van der Waals surface area contributed by atoms with Gasteiger partial charge in [0.1, 0.15) is 29.6 Å². The van der Waals surface area contributed by atoms with Gasteiger partial charge in [0.2, 0.25) is 5.91 Å². The standard InChI is InChI=1S/C25H18F3N5O3/c1-13(22-19(28)8-15(11-29)12-30-22)31-23(34)21(9-14-3-2-4-16(26)7-14)33-24(35)18-10-17(27)5-6-20(18)32-25(33)36/h2-8,10,12-13,21H,9H2,1H3,(H,31,34)(H,32,36)/t13-,21-/m0/s1. The van der Waals surface area contributed by atoms with Crippen LogP contribution in [0.15, 0.2) is 64.3 Å². The average Bonchev–Trinajstić information content (AvgIpc) is 2.83. The minimum atomic E-state index is -1.50. The molecule has 0 unspecified atom stereocenters. The third kappa shape index (κ3) is 4.88. The normalized spacial score (nSPS) is 12.6. The summed E-state index contributed by atoms with van der Waals surface area (Å²) in [7, 11) is 0. The summed E-state index contributed by atoms with van der Waals surface area (Å²) in [6.07, 6.45) is 0.863. The molecule has 4 rings (SSSR count). The molecule has 0 saturated heterocycles. The van der Waals surface area contributed by atoms with E-state index in [2.05, 4.69) is 15.3 Å². The zero-order chi connectivity index (χ0) is 26.0. The van der Waals surface area contributed by atoms with Crippen molar-refractivity contribution < 1.29 is 18.0 Å². The molecule has 2 heterocycles. The Bertz CT molecular complexity index is 1640. The fourth-order valence-corrected chi connectivity index (χ4v) is 3.88. The van der Waals surface area contributed by atoms with E-state index in [1.54, 1.807) is 6.07 Å². The number of pyridine rings is 1. The number of aromatic amines is 1. The lowest BCUT2D eigenvalue weighted by Crippen LogP contribution is -2.46. The predicted octanol–water partition coefficient (Wildman–Crippen LogP) is 3.03. The monoisotopic (exact) mass is 493 g/mol. The fourth-order valence-electron chi connectivity index (χ4n) is 3.88. The maximum atomic E-state index is 14.4. The molecular weight excluding hydrogens is 475 g/mol. The topological polar surface area (TPSA) is 121 Å². The largest absolute Gasteiger partial charge is 0.346 e. The van der Waals surface area contributed by atoms with E-state index >= 15 is 0 Å². The molecule has 0 aliphatic heterocycles. The molecule has 36 heavy (non-hydrogen) atoms. The Hall–Kier alpha value is -4.72. The summed E-state index contributed by atoms with van der Waals surface area (Å²) in [5, 5.41) is 11.2. The third-order valence-corrected chi connectivity index (χ3v) is 5.59. The lowest BCUT2D eigenvalue weighted by atomic mass is 10.0. The van der Waals surface area contributed by atoms with Crippen LogP contribution in [0.25, 0.3) is 10.9 Å². The molecule has 0 aliphatic rings. The molecule has 0 spiro atoms. The second kappa shape index (κ2) is 9.87. The van der Waals surface area contributed by atoms with Crippen LogP contribution in [0.2, 0.25) is 0 Å². The number of rotatable bonds is 6. The summed E-state index contributed by atoms with van der Waals surface area (Å²) in [6.45, 7) is 1.43. The highest BCUT2D eigenvalue weighted by atomic mass is 19.1. The SMILES string of the molecule is C[C@H](NC(=O)[C@H](Cc1cccc(F)c1)n1c(=O)[nH]c2ccc(F)cc2c1=O)c1ncc(C#N)cc1F. The number of nitrogens with one attached hydrogen (secondary N) is 2. The number of hydrogen-bond acceptors (Lipinski definition) is 5. The van der Waals surface area contributed by atoms with E-state index < -0.39 is 46.7 Å². The van der Waals surface area contributed by atoms with Crippen LogP contribution in [-0.2, 0) is 11.2 Å². The number of nitriles is 1. The van der Waals surface area contributed by atoms with Crippen LogP contribution in [0.3, 0.4) is 0 Å². The van der Waals surface area contributed by atoms with Crippen molar-refractivity contribution in [1.29, 1.82) is 5.26 Å². The van der Waals surface area contributed by atoms with E-state index in [1.807, 2.05) is 0 Å². The number of aromatic nitrogens is 3. The van der Waals surface area contributed by atoms with Gasteiger partial charge in [-0.1, -0.05) is 12.1 Å². The minimum Gasteiger partial charge on any atom is -0.346 e. The molecule has 0 fully saturated rings. The van der Waals surface area contributed by atoms with Crippen LogP contribution in [0, 0.1) is 28.8 Å². The van der Waals surface area contributed by atoms with Crippen molar-refractivity contribution in [3.63, 3.8) is 0 Å². The van der Waals surface area contributed by atoms with Gasteiger partial charge < -0.3 is 10.3 Å². The first kappa shape index (κ1) is 24.4. The summed E-state index contributed by atoms with van der Waals surface area (Å²) in [4.78, 5) is 45.8. The number of hydrogen-bond donors (Lipinski definition) is 2. The Balaban J connectivity index is 1.78. The van der Waals surface area contributed by atoms with E-state index in [-0.39, 0.29) is 28.6 Å². The highest BCUT2D eigenvalue weighted by Crippen LogP contribution is 2.19. The maximum Gasteiger partial charge on any atom is 0.329 e. The second-order valence-corrected chi connectivity index (χ2v) is 8.08. The number of fused-ring (bicyclic) bond motifs is 1. The van der Waals surface area contributed by atoms with Gasteiger partial charge in [-0.05, 0) is 48.9 Å². The molecule has 4 aromatic rings. The predicted molar refractivity (Wildman–Crippen MR) is 123 cm³/mol. The van der Waals surface area contributed by atoms with Gasteiger partial charge in [0.15, 0.2) is 0 Å². The summed E-state index contributed by atoms with van der Waals surface area (Å²) in [5.74, 6) is -3.01. The van der Waals surface area contributed by atoms with Crippen molar-refractivity contribution in [3.05, 3.63) is 110 Å². The zero-order valence-electron chi connectivity index (χ0n) is 18.8. The minimum absolute atomic E-state index is 0.0137. The summed E-state index contributed by atoms with van der Waals surface area (Å²) < 4.78 is 42.7. The quantitative estimate of drug-likeness (QED) is 0.428. The van der Waals surface area contributed by atoms with Gasteiger partial charge in [0.25, 0.3) is 5.56 Å². The van der Waals surface area contributed by atoms with Crippen molar-refractivity contribution >= 4 is 16.8 Å². The van der Waals surface area contributed by atoms with Gasteiger partial charge in [-0.2, -0.15) is 5.26 Å². The number of halogens is 3. The van der Waals surface area contributed by atoms with Crippen LogP contribution < -0.4 is 16.6 Å². The van der Waals surface area contributed by atoms with Crippen LogP contribution in [0.4, 0.5) is 13.2 Å². The van der Waals surface area contributed by atoms with E-state index in [4.69, 9.17) is 5.26 Å². The van der Waals surface area contributed by atoms with E-state index in [0.29, 0.717) is 10.1 Å². The van der Waals surface area contributed by atoms with E-state index in [9.17, 15) is 27.6 Å². The fraction of sp³-hybridized carbons (Fsp3) is 0.160. The Morgan fingerprint density at radius 2 is 1.89 bits per heavy atom. The van der Waals surface area contributed by atoms with Crippen LogP contribution in [0.1, 0.15) is 35.8 Å². The molecule has 0 saturated carbocycles. The van der Waals surface area contributed by atoms with Crippen LogP contribution in [-0.4, -0.2) is 20.4 Å². The lowest BCUT2D eigenvalue weighted by molar-refractivity contribution is -0.125. The van der Waals surface area contributed by atoms with E-state index in [0.717, 1.165) is 30.5 Å². The molecule has 1 amide bonds. The van der Waals surface area contributed by atoms with Crippen molar-refractivity contribution in [2.24, 2.45) is 0 Å². The smallest absolute Gasteiger partial charge is 0.329 e. The Morgan fingerprint density at radius 3 is 2.58 bits per heavy atom. The first-order valence-electron chi connectivity index (χ1n) is 10.7. The highest BCUT2D eigenvalue weighted by molar-refractivity contribution is 5.82. The molecule has 2 atom stereocenters. The van der Waals surface area contributed by atoms with Crippen molar-refractivity contribution in [3.8, 4) is 6.07 Å². The van der Waals surface area contributed by atoms with Crippen molar-refractivity contribution in [1.82, 2.24) is 19.9 Å². The van der Waals surface area contributed by atoms with Crippen molar-refractivity contribution in [2.75, 3.05) is 0 Å². The van der Waals surface area contributed by atoms with Crippen LogP contribution in [0.5, 0.6) is 0 Å². The molecule has 0 radical (unpaired) electrons. The number of carbonyl (C=O) groups excluding carboxylic acids is 1. The molecule has 0 bridgehead atoms. The number of benzene rings is 2. The van der Waals surface area contributed by atoms with Crippen LogP contribution >= 0.6 is 0 Å². The second-order valence-electron chi connectivity index (χ2n) is 8.08. The Kier molecular flexibility index (Phi) is 6.69. The summed E-state index contributed by atoms with van der Waals surface area (Å²) in [6, 6.07) is 8.67. The van der Waals surface area contributed by atoms with Crippen molar-refractivity contribution in [2.45, 2.75) is 25.4 Å². The number of H-pyrrole nitrogens is 1. The summed E-state index contributed by atoms with van der Waals surface area (Å²) in [5.41, 5.74) is -1.68. The molecule has 2 aromatic heterocycles. The highest BCUT2D eigenvalue weighted by Gasteiger charge is 2.28. The lowest BCUT2D eigenvalue weighted by Gasteiger charge is -2.22. The molecular formula is C25H18F3N5O3. The number of carbonyl (C=O) groups is 1. The number of amides is 1. The van der Waals surface area contributed by atoms with Gasteiger partial charge in [0.05, 0.1) is 28.2 Å². The first-order valence-corrected chi connectivity index (χ1v) is 10.7. The van der Waals surface area contributed by atoms with Gasteiger partial charge >= 0.3 is 5.69 Å². The molecule has 2 aromatic carbocycles. The number of nitrogens with zero attached hydrogens (tertiary/aromatic N) is 3. The molecule has 0 aliphatic carbocycles. The Morgan fingerprint density at radius 1 is 1.14 bits per heavy atom. The average molecular weight is 493 g/mol. The first-order chi connectivity index (χ1) is 17.2. The zero-order valence-corrected chi connectivity index (χ0v) is 18.8. The molecule has 2 N–H and O–H groups in total. The van der Waals surface area contributed by atoms with Gasteiger partial charge in [-0.25, -0.2) is 22.5 Å². The van der Waals surface area contributed by atoms with Gasteiger partial charge in [0, 0.05) is 12.6 Å². The van der Waals surface area contributed by atoms with Gasteiger partial charge in [-0.3, -0.25) is 14.6 Å². The maximum absolute atomic E-state index is 14.4. The molecule has 182 valence electrons. The summed E-state index contributed by atoms with van der Waals surface area (Å²) >= 11 is 0. The third-order valence-electron chi connectivity index (χ3n) is 5.59.